The fourth-order valence-electron chi connectivity index (χ4n) is 1.03. The molecule has 0 saturated carbocycles. The number of aliphatic hydroxyl groups is 1. The lowest BCUT2D eigenvalue weighted by Crippen LogP contribution is -2.39. The van der Waals surface area contributed by atoms with Crippen molar-refractivity contribution in [2.45, 2.75) is 51.5 Å². The van der Waals surface area contributed by atoms with Gasteiger partial charge < -0.3 is 9.84 Å². The highest BCUT2D eigenvalue weighted by Crippen LogP contribution is 2.22. The van der Waals surface area contributed by atoms with Crippen LogP contribution in [0.1, 0.15) is 33.1 Å². The minimum Gasteiger partial charge on any atom is -0.460 e. The Balaban J connectivity index is 4.22. The first-order chi connectivity index (χ1) is 6.82. The molecule has 6 heteroatoms. The highest BCUT2D eigenvalue weighted by Gasteiger charge is 2.45. The largest absolute Gasteiger partial charge is 0.460 e. The van der Waals surface area contributed by atoms with Crippen molar-refractivity contribution in [2.24, 2.45) is 0 Å². The van der Waals surface area contributed by atoms with E-state index in [1.54, 1.807) is 6.92 Å². The van der Waals surface area contributed by atoms with E-state index in [0.717, 1.165) is 0 Å². The first kappa shape index (κ1) is 14.2. The van der Waals surface area contributed by atoms with Crippen LogP contribution in [0.4, 0.5) is 13.2 Å². The zero-order valence-corrected chi connectivity index (χ0v) is 8.67. The van der Waals surface area contributed by atoms with Gasteiger partial charge in [0.1, 0.15) is 6.10 Å². The second-order valence-electron chi connectivity index (χ2n) is 3.20. The average Bonchev–Trinajstić information content (AvgIpc) is 2.14. The number of hydrogen-bond acceptors (Lipinski definition) is 3. The molecule has 0 aromatic carbocycles. The van der Waals surface area contributed by atoms with Crippen LogP contribution >= 0.6 is 0 Å². The molecule has 2 atom stereocenters. The standard InChI is InChI=1S/C9H15F3O3/c1-3-5-6(4-2)15-8(14)7(13)9(10,11)12/h6-7,13H,3-5H2,1-2H3/t6?,7-/m0/s1. The zero-order valence-electron chi connectivity index (χ0n) is 8.67. The van der Waals surface area contributed by atoms with Crippen molar-refractivity contribution in [3.63, 3.8) is 0 Å². The maximum atomic E-state index is 11.9. The Morgan fingerprint density at radius 1 is 1.40 bits per heavy atom. The Morgan fingerprint density at radius 2 is 1.93 bits per heavy atom. The summed E-state index contributed by atoms with van der Waals surface area (Å²) in [6, 6.07) is 0. The molecule has 0 saturated heterocycles. The molecule has 0 rings (SSSR count). The highest BCUT2D eigenvalue weighted by molar-refractivity contribution is 5.75. The van der Waals surface area contributed by atoms with Crippen LogP contribution in [0, 0.1) is 0 Å². The van der Waals surface area contributed by atoms with Gasteiger partial charge >= 0.3 is 12.1 Å². The molecule has 0 amide bonds. The fraction of sp³-hybridized carbons (Fsp3) is 0.889. The first-order valence-corrected chi connectivity index (χ1v) is 4.78. The number of hydrogen-bond donors (Lipinski definition) is 1. The number of rotatable bonds is 5. The molecule has 0 fully saturated rings. The summed E-state index contributed by atoms with van der Waals surface area (Å²) in [7, 11) is 0. The van der Waals surface area contributed by atoms with Gasteiger partial charge in [-0.05, 0) is 12.8 Å². The van der Waals surface area contributed by atoms with E-state index in [-0.39, 0.29) is 0 Å². The van der Waals surface area contributed by atoms with Crippen molar-refractivity contribution < 1.29 is 27.8 Å². The van der Waals surface area contributed by atoms with Gasteiger partial charge in [0.15, 0.2) is 0 Å². The van der Waals surface area contributed by atoms with Crippen LogP contribution in [-0.4, -0.2) is 29.5 Å². The van der Waals surface area contributed by atoms with Gasteiger partial charge in [-0.2, -0.15) is 13.2 Å². The molecule has 0 aromatic rings. The summed E-state index contributed by atoms with van der Waals surface area (Å²) in [6.45, 7) is 3.53. The lowest BCUT2D eigenvalue weighted by molar-refractivity contribution is -0.220. The predicted molar refractivity (Wildman–Crippen MR) is 47.1 cm³/mol. The van der Waals surface area contributed by atoms with E-state index in [1.165, 1.54) is 0 Å². The van der Waals surface area contributed by atoms with Crippen molar-refractivity contribution in [2.75, 3.05) is 0 Å². The molecule has 0 bridgehead atoms. The SMILES string of the molecule is CCCC(CC)OC(=O)[C@H](O)C(F)(F)F. The van der Waals surface area contributed by atoms with Crippen molar-refractivity contribution in [1.82, 2.24) is 0 Å². The Kier molecular flexibility index (Phi) is 5.64. The lowest BCUT2D eigenvalue weighted by atomic mass is 10.1. The maximum absolute atomic E-state index is 11.9. The number of carbonyl (C=O) groups excluding carboxylic acids is 1. The van der Waals surface area contributed by atoms with Crippen molar-refractivity contribution in [3.05, 3.63) is 0 Å². The van der Waals surface area contributed by atoms with Crippen molar-refractivity contribution in [1.29, 1.82) is 0 Å². The van der Waals surface area contributed by atoms with Gasteiger partial charge in [-0.25, -0.2) is 4.79 Å². The minimum absolute atomic E-state index is 0.435. The van der Waals surface area contributed by atoms with E-state index in [0.29, 0.717) is 19.3 Å². The number of esters is 1. The molecule has 3 nitrogen and oxygen atoms in total. The van der Waals surface area contributed by atoms with E-state index in [9.17, 15) is 18.0 Å². The average molecular weight is 228 g/mol. The van der Waals surface area contributed by atoms with Gasteiger partial charge in [0.05, 0.1) is 0 Å². The summed E-state index contributed by atoms with van der Waals surface area (Å²) in [5, 5.41) is 8.57. The quantitative estimate of drug-likeness (QED) is 0.732. The molecule has 0 aromatic heterocycles. The monoisotopic (exact) mass is 228 g/mol. The molecule has 0 heterocycles. The highest BCUT2D eigenvalue weighted by atomic mass is 19.4. The molecule has 0 radical (unpaired) electrons. The molecular weight excluding hydrogens is 213 g/mol. The summed E-state index contributed by atoms with van der Waals surface area (Å²) in [4.78, 5) is 10.8. The first-order valence-electron chi connectivity index (χ1n) is 4.78. The predicted octanol–water partition coefficient (Wildman–Crippen LogP) is 2.03. The maximum Gasteiger partial charge on any atom is 0.425 e. The number of alkyl halides is 3. The number of halogens is 3. The normalized spacial score (nSPS) is 15.9. The minimum atomic E-state index is -4.96. The summed E-state index contributed by atoms with van der Waals surface area (Å²) >= 11 is 0. The second kappa shape index (κ2) is 5.95. The smallest absolute Gasteiger partial charge is 0.425 e. The van der Waals surface area contributed by atoms with Crippen LogP contribution < -0.4 is 0 Å². The van der Waals surface area contributed by atoms with E-state index in [1.807, 2.05) is 6.92 Å². The van der Waals surface area contributed by atoms with E-state index in [2.05, 4.69) is 4.74 Å². The third-order valence-electron chi connectivity index (χ3n) is 1.88. The molecule has 90 valence electrons. The van der Waals surface area contributed by atoms with E-state index >= 15 is 0 Å². The van der Waals surface area contributed by atoms with Gasteiger partial charge in [-0.3, -0.25) is 0 Å². The van der Waals surface area contributed by atoms with Crippen LogP contribution in [0.15, 0.2) is 0 Å². The molecule has 1 unspecified atom stereocenters. The van der Waals surface area contributed by atoms with Crippen LogP contribution in [0.3, 0.4) is 0 Å². The Labute approximate surface area is 86.2 Å². The van der Waals surface area contributed by atoms with Gasteiger partial charge in [0.25, 0.3) is 0 Å². The number of aliphatic hydroxyl groups excluding tert-OH is 1. The molecule has 0 spiro atoms. The fourth-order valence-corrected chi connectivity index (χ4v) is 1.03. The van der Waals surface area contributed by atoms with Crippen LogP contribution in [0.5, 0.6) is 0 Å². The summed E-state index contributed by atoms with van der Waals surface area (Å²) in [5.41, 5.74) is 0. The van der Waals surface area contributed by atoms with Crippen molar-refractivity contribution >= 4 is 5.97 Å². The lowest BCUT2D eigenvalue weighted by Gasteiger charge is -2.19. The third kappa shape index (κ3) is 5.01. The summed E-state index contributed by atoms with van der Waals surface area (Å²) in [5.74, 6) is -1.62. The van der Waals surface area contributed by atoms with Gasteiger partial charge in [-0.1, -0.05) is 20.3 Å². The Bertz CT molecular complexity index is 203. The second-order valence-corrected chi connectivity index (χ2v) is 3.20. The van der Waals surface area contributed by atoms with Gasteiger partial charge in [-0.15, -0.1) is 0 Å². The zero-order chi connectivity index (χ0) is 12.1. The van der Waals surface area contributed by atoms with Crippen LogP contribution in [-0.2, 0) is 9.53 Å². The molecule has 1 N–H and O–H groups in total. The van der Waals surface area contributed by atoms with E-state index < -0.39 is 24.4 Å². The summed E-state index contributed by atoms with van der Waals surface area (Å²) < 4.78 is 40.2. The summed E-state index contributed by atoms with van der Waals surface area (Å²) in [6.07, 6.45) is -6.92. The number of carbonyl (C=O) groups is 1. The molecular formula is C9H15F3O3. The van der Waals surface area contributed by atoms with Crippen molar-refractivity contribution in [3.8, 4) is 0 Å². The Hall–Kier alpha value is -0.780. The molecule has 0 aliphatic rings. The van der Waals surface area contributed by atoms with Crippen LogP contribution in [0.25, 0.3) is 0 Å². The molecule has 15 heavy (non-hydrogen) atoms. The van der Waals surface area contributed by atoms with E-state index in [4.69, 9.17) is 5.11 Å². The molecule has 0 aliphatic carbocycles. The van der Waals surface area contributed by atoms with Gasteiger partial charge in [0.2, 0.25) is 6.10 Å². The molecule has 0 aliphatic heterocycles. The topological polar surface area (TPSA) is 46.5 Å². The Morgan fingerprint density at radius 3 is 2.27 bits per heavy atom. The number of ether oxygens (including phenoxy) is 1. The van der Waals surface area contributed by atoms with Crippen LogP contribution in [0.2, 0.25) is 0 Å². The third-order valence-corrected chi connectivity index (χ3v) is 1.88. The van der Waals surface area contributed by atoms with Gasteiger partial charge in [0, 0.05) is 0 Å².